The van der Waals surface area contributed by atoms with Crippen LogP contribution in [0.25, 0.3) is 0 Å². The zero-order valence-corrected chi connectivity index (χ0v) is 20.7. The van der Waals surface area contributed by atoms with Crippen molar-refractivity contribution in [3.63, 3.8) is 0 Å². The third kappa shape index (κ3) is 6.86. The predicted octanol–water partition coefficient (Wildman–Crippen LogP) is 7.99. The van der Waals surface area contributed by atoms with E-state index in [0.717, 1.165) is 42.7 Å². The molecule has 0 aromatic heterocycles. The molecule has 1 fully saturated rings. The van der Waals surface area contributed by atoms with Crippen LogP contribution in [0, 0.1) is 11.7 Å². The van der Waals surface area contributed by atoms with Crippen molar-refractivity contribution < 1.29 is 14.3 Å². The van der Waals surface area contributed by atoms with Gasteiger partial charge in [0.25, 0.3) is 0 Å². The highest BCUT2D eigenvalue weighted by atomic mass is 35.5. The Balaban J connectivity index is 2.06. The van der Waals surface area contributed by atoms with Crippen molar-refractivity contribution in [2.24, 2.45) is 5.92 Å². The predicted molar refractivity (Wildman–Crippen MR) is 135 cm³/mol. The van der Waals surface area contributed by atoms with Crippen LogP contribution in [0.2, 0.25) is 5.02 Å². The Labute approximate surface area is 202 Å². The van der Waals surface area contributed by atoms with Crippen LogP contribution in [0.5, 0.6) is 0 Å². The van der Waals surface area contributed by atoms with Gasteiger partial charge in [0.15, 0.2) is 0 Å². The molecule has 2 aromatic rings. The molecule has 0 heterocycles. The van der Waals surface area contributed by atoms with E-state index in [4.69, 9.17) is 11.6 Å². The first-order valence-electron chi connectivity index (χ1n) is 12.1. The average Bonchev–Trinajstić information content (AvgIpc) is 2.78. The molecule has 0 aliphatic heterocycles. The quantitative estimate of drug-likeness (QED) is 0.366. The third-order valence-corrected chi connectivity index (χ3v) is 6.73. The van der Waals surface area contributed by atoms with Crippen LogP contribution >= 0.6 is 11.6 Å². The Morgan fingerprint density at radius 1 is 1.15 bits per heavy atom. The number of carboxylic acids is 1. The van der Waals surface area contributed by atoms with Crippen LogP contribution < -0.4 is 10.2 Å². The summed E-state index contributed by atoms with van der Waals surface area (Å²) in [7, 11) is 0. The first-order valence-corrected chi connectivity index (χ1v) is 12.5. The summed E-state index contributed by atoms with van der Waals surface area (Å²) >= 11 is 5.96. The van der Waals surface area contributed by atoms with Gasteiger partial charge in [0.1, 0.15) is 5.82 Å². The minimum atomic E-state index is -0.812. The van der Waals surface area contributed by atoms with Gasteiger partial charge >= 0.3 is 5.97 Å². The standard InChI is InChI=1S/C27H36ClFN2O2/c1-4-19(15-27(32)33)20-10-13-26(31(17-18(2)3)22-8-6-5-7-9-22)25(14-20)30-24-12-11-21(28)16-23(24)29/h10-14,16,18-19,22,30H,4-9,15,17H2,1-3H3,(H,32,33). The molecular weight excluding hydrogens is 439 g/mol. The topological polar surface area (TPSA) is 52.6 Å². The first-order chi connectivity index (χ1) is 15.8. The summed E-state index contributed by atoms with van der Waals surface area (Å²) < 4.78 is 14.7. The molecule has 180 valence electrons. The van der Waals surface area contributed by atoms with Crippen molar-refractivity contribution in [1.29, 1.82) is 0 Å². The lowest BCUT2D eigenvalue weighted by atomic mass is 9.90. The van der Waals surface area contributed by atoms with Crippen molar-refractivity contribution in [3.05, 3.63) is 52.8 Å². The van der Waals surface area contributed by atoms with Crippen LogP contribution in [0.3, 0.4) is 0 Å². The van der Waals surface area contributed by atoms with Crippen LogP contribution in [0.1, 0.15) is 77.2 Å². The van der Waals surface area contributed by atoms with Crippen LogP contribution in [0.4, 0.5) is 21.5 Å². The zero-order chi connectivity index (χ0) is 24.0. The molecule has 0 radical (unpaired) electrons. The monoisotopic (exact) mass is 474 g/mol. The Morgan fingerprint density at radius 3 is 2.48 bits per heavy atom. The molecule has 1 atom stereocenters. The van der Waals surface area contributed by atoms with E-state index in [9.17, 15) is 14.3 Å². The zero-order valence-electron chi connectivity index (χ0n) is 19.9. The summed E-state index contributed by atoms with van der Waals surface area (Å²) in [4.78, 5) is 13.9. The number of anilines is 3. The maximum Gasteiger partial charge on any atom is 0.303 e. The second-order valence-corrected chi connectivity index (χ2v) is 10.0. The maximum atomic E-state index is 14.7. The molecular formula is C27H36ClFN2O2. The number of aliphatic carboxylic acids is 1. The third-order valence-electron chi connectivity index (χ3n) is 6.49. The van der Waals surface area contributed by atoms with Crippen molar-refractivity contribution >= 4 is 34.6 Å². The maximum absolute atomic E-state index is 14.7. The molecule has 0 bridgehead atoms. The number of halogens is 2. The van der Waals surface area contributed by atoms with Crippen LogP contribution in [-0.4, -0.2) is 23.7 Å². The number of nitrogens with zero attached hydrogens (tertiary/aromatic N) is 1. The fourth-order valence-electron chi connectivity index (χ4n) is 4.83. The molecule has 6 heteroatoms. The van der Waals surface area contributed by atoms with E-state index in [1.807, 2.05) is 19.1 Å². The smallest absolute Gasteiger partial charge is 0.303 e. The molecule has 4 nitrogen and oxygen atoms in total. The fourth-order valence-corrected chi connectivity index (χ4v) is 4.99. The Morgan fingerprint density at radius 2 is 1.88 bits per heavy atom. The summed E-state index contributed by atoms with van der Waals surface area (Å²) in [6, 6.07) is 11.2. The molecule has 2 aromatic carbocycles. The van der Waals surface area contributed by atoms with Crippen LogP contribution in [0.15, 0.2) is 36.4 Å². The second kappa shape index (κ2) is 11.7. The minimum Gasteiger partial charge on any atom is -0.481 e. The molecule has 0 saturated heterocycles. The summed E-state index contributed by atoms with van der Waals surface area (Å²) in [5.74, 6) is -0.847. The molecule has 1 unspecified atom stereocenters. The van der Waals surface area contributed by atoms with Crippen molar-refractivity contribution in [2.45, 2.75) is 77.7 Å². The number of nitrogens with one attached hydrogen (secondary N) is 1. The number of rotatable bonds is 10. The molecule has 0 amide bonds. The molecule has 1 aliphatic carbocycles. The van der Waals surface area contributed by atoms with E-state index < -0.39 is 11.8 Å². The average molecular weight is 475 g/mol. The van der Waals surface area contributed by atoms with Gasteiger partial charge in [0.2, 0.25) is 0 Å². The lowest BCUT2D eigenvalue weighted by Crippen LogP contribution is -2.39. The van der Waals surface area contributed by atoms with E-state index in [2.05, 4.69) is 30.1 Å². The van der Waals surface area contributed by atoms with Gasteiger partial charge in [-0.3, -0.25) is 4.79 Å². The SMILES string of the molecule is CCC(CC(=O)O)c1ccc(N(CC(C)C)C2CCCCC2)c(Nc2ccc(Cl)cc2F)c1. The fraction of sp³-hybridized carbons (Fsp3) is 0.519. The number of carbonyl (C=O) groups is 1. The van der Waals surface area contributed by atoms with Gasteiger partial charge in [-0.15, -0.1) is 0 Å². The highest BCUT2D eigenvalue weighted by Gasteiger charge is 2.25. The van der Waals surface area contributed by atoms with Crippen molar-refractivity contribution in [2.75, 3.05) is 16.8 Å². The summed E-state index contributed by atoms with van der Waals surface area (Å²) in [6.07, 6.45) is 6.82. The van der Waals surface area contributed by atoms with Gasteiger partial charge in [0.05, 0.1) is 23.5 Å². The number of carboxylic acid groups (broad SMARTS) is 1. The molecule has 33 heavy (non-hydrogen) atoms. The molecule has 2 N–H and O–H groups in total. The molecule has 3 rings (SSSR count). The van der Waals surface area contributed by atoms with Crippen molar-refractivity contribution in [3.8, 4) is 0 Å². The molecule has 1 saturated carbocycles. The number of hydrogen-bond donors (Lipinski definition) is 2. The van der Waals surface area contributed by atoms with E-state index in [1.54, 1.807) is 12.1 Å². The lowest BCUT2D eigenvalue weighted by Gasteiger charge is -2.39. The Hall–Kier alpha value is -2.27. The van der Waals surface area contributed by atoms with Gasteiger partial charge in [-0.2, -0.15) is 0 Å². The van der Waals surface area contributed by atoms with E-state index in [1.165, 1.54) is 25.3 Å². The van der Waals surface area contributed by atoms with Gasteiger partial charge < -0.3 is 15.3 Å². The van der Waals surface area contributed by atoms with Crippen LogP contribution in [-0.2, 0) is 4.79 Å². The second-order valence-electron chi connectivity index (χ2n) is 9.57. The number of benzene rings is 2. The van der Waals surface area contributed by atoms with E-state index in [0.29, 0.717) is 22.7 Å². The first kappa shape index (κ1) is 25.4. The van der Waals surface area contributed by atoms with Gasteiger partial charge in [-0.05, 0) is 67.0 Å². The van der Waals surface area contributed by atoms with Gasteiger partial charge in [0, 0.05) is 17.6 Å². The summed E-state index contributed by atoms with van der Waals surface area (Å²) in [5.41, 5.74) is 3.16. The van der Waals surface area contributed by atoms with Crippen molar-refractivity contribution in [1.82, 2.24) is 0 Å². The Bertz CT molecular complexity index is 944. The van der Waals surface area contributed by atoms with E-state index in [-0.39, 0.29) is 12.3 Å². The normalized spacial score (nSPS) is 15.5. The Kier molecular flexibility index (Phi) is 9.02. The summed E-state index contributed by atoms with van der Waals surface area (Å²) in [5, 5.41) is 13.0. The summed E-state index contributed by atoms with van der Waals surface area (Å²) in [6.45, 7) is 7.35. The number of hydrogen-bond acceptors (Lipinski definition) is 3. The molecule has 1 aliphatic rings. The van der Waals surface area contributed by atoms with Gasteiger partial charge in [-0.1, -0.05) is 57.7 Å². The minimum absolute atomic E-state index is 0.0723. The largest absolute Gasteiger partial charge is 0.481 e. The molecule has 0 spiro atoms. The van der Waals surface area contributed by atoms with Gasteiger partial charge in [-0.25, -0.2) is 4.39 Å². The highest BCUT2D eigenvalue weighted by Crippen LogP contribution is 2.38. The lowest BCUT2D eigenvalue weighted by molar-refractivity contribution is -0.137. The van der Waals surface area contributed by atoms with E-state index >= 15 is 0 Å². The highest BCUT2D eigenvalue weighted by molar-refractivity contribution is 6.30.